The smallest absolute Gasteiger partial charge is 0.239 e. The summed E-state index contributed by atoms with van der Waals surface area (Å²) in [6, 6.07) is 23.5. The zero-order valence-corrected chi connectivity index (χ0v) is 34.3. The zero-order valence-electron chi connectivity index (χ0n) is 34.3. The molecular formula is C43H63N7O7. The van der Waals surface area contributed by atoms with Crippen molar-refractivity contribution in [3.05, 3.63) is 113 Å². The van der Waals surface area contributed by atoms with Crippen LogP contribution in [0, 0.1) is 6.92 Å². The van der Waals surface area contributed by atoms with Gasteiger partial charge in [-0.2, -0.15) is 0 Å². The normalized spacial score (nSPS) is 12.8. The molecule has 0 spiro atoms. The van der Waals surface area contributed by atoms with Crippen molar-refractivity contribution in [2.24, 2.45) is 11.6 Å². The molecular weight excluding hydrogens is 727 g/mol. The first kappa shape index (κ1) is 47.9. The van der Waals surface area contributed by atoms with Gasteiger partial charge < -0.3 is 50.5 Å². The van der Waals surface area contributed by atoms with Gasteiger partial charge in [0, 0.05) is 57.7 Å². The maximum Gasteiger partial charge on any atom is 0.239 e. The third-order valence-corrected chi connectivity index (χ3v) is 8.45. The Kier molecular flexibility index (Phi) is 23.7. The van der Waals surface area contributed by atoms with Gasteiger partial charge in [0.2, 0.25) is 18.2 Å². The number of para-hydroxylation sites is 1. The van der Waals surface area contributed by atoms with Crippen molar-refractivity contribution in [3.63, 3.8) is 0 Å². The lowest BCUT2D eigenvalue weighted by molar-refractivity contribution is -0.122. The van der Waals surface area contributed by atoms with Crippen LogP contribution in [0.1, 0.15) is 54.0 Å². The standard InChI is InChI=1S/C30H43N5O4.C11H14N2O2.C2H6O/c1-4-16-37-18-20-39-21-19-38-17-15-35(32)30-25-10-6-5-9-24(25)22-34(28(36)14-13-23(2)33-3)27-12-8-7-11-26(27)29(30)31;1-9-2-4-10(5-3-9)6-13-11(15)7-12-8-14;1-3-2/h5-12,33H,2,4,13-22,31-32H2,1,3H3;2-5,8H,6-7H2,1H3,(H,12,14)(H,13,15);1-2H3/b30-29-;;. The minimum atomic E-state index is -0.192. The van der Waals surface area contributed by atoms with Crippen molar-refractivity contribution < 1.29 is 33.3 Å². The Bertz CT molecular complexity index is 1680. The number of aryl methyl sites for hydroxylation is 1. The van der Waals surface area contributed by atoms with E-state index in [1.807, 2.05) is 86.8 Å². The van der Waals surface area contributed by atoms with Gasteiger partial charge in [-0.05, 0) is 37.0 Å². The van der Waals surface area contributed by atoms with Crippen molar-refractivity contribution in [2.75, 3.05) is 78.9 Å². The number of hydrogen-bond donors (Lipinski definition) is 5. The van der Waals surface area contributed by atoms with E-state index in [1.54, 1.807) is 24.1 Å². The Balaban J connectivity index is 0.000000517. The van der Waals surface area contributed by atoms with E-state index >= 15 is 0 Å². The van der Waals surface area contributed by atoms with Gasteiger partial charge in [0.25, 0.3) is 0 Å². The van der Waals surface area contributed by atoms with Gasteiger partial charge in [-0.3, -0.25) is 14.4 Å². The quantitative estimate of drug-likeness (QED) is 0.0454. The highest BCUT2D eigenvalue weighted by Crippen LogP contribution is 2.36. The van der Waals surface area contributed by atoms with Crippen LogP contribution in [0.4, 0.5) is 5.69 Å². The number of methoxy groups -OCH3 is 1. The summed E-state index contributed by atoms with van der Waals surface area (Å²) in [5, 5.41) is 9.64. The van der Waals surface area contributed by atoms with E-state index in [1.165, 1.54) is 5.56 Å². The summed E-state index contributed by atoms with van der Waals surface area (Å²) in [6.45, 7) is 12.6. The summed E-state index contributed by atoms with van der Waals surface area (Å²) in [7, 11) is 5.06. The molecule has 0 saturated carbocycles. The van der Waals surface area contributed by atoms with E-state index in [0.29, 0.717) is 83.3 Å². The number of ether oxygens (including phenoxy) is 4. The van der Waals surface area contributed by atoms with Crippen LogP contribution in [0.5, 0.6) is 0 Å². The van der Waals surface area contributed by atoms with Crippen LogP contribution in [0.15, 0.2) is 85.1 Å². The van der Waals surface area contributed by atoms with Crippen molar-refractivity contribution in [1.29, 1.82) is 0 Å². The second-order valence-corrected chi connectivity index (χ2v) is 13.0. The molecule has 3 aromatic carbocycles. The SMILES string of the molecule is C=C(CCC(=O)N1Cc2ccccc2/C(N(N)CCOCCOCCOCCC)=C(/N)c2ccccc21)NC.COC.Cc1ccc(CNC(=O)CNC=O)cc1. The van der Waals surface area contributed by atoms with E-state index in [9.17, 15) is 14.4 Å². The van der Waals surface area contributed by atoms with Crippen molar-refractivity contribution >= 4 is 35.3 Å². The average molecular weight is 790 g/mol. The number of benzene rings is 3. The molecule has 3 aromatic rings. The van der Waals surface area contributed by atoms with Crippen LogP contribution in [-0.4, -0.2) is 97.2 Å². The number of amides is 3. The molecule has 0 saturated heterocycles. The van der Waals surface area contributed by atoms with Gasteiger partial charge in [-0.1, -0.05) is 85.8 Å². The number of carbonyl (C=O) groups excluding carboxylic acids is 3. The highest BCUT2D eigenvalue weighted by molar-refractivity contribution is 6.01. The molecule has 1 heterocycles. The predicted molar refractivity (Wildman–Crippen MR) is 226 cm³/mol. The fourth-order valence-corrected chi connectivity index (χ4v) is 5.47. The zero-order chi connectivity index (χ0) is 41.8. The lowest BCUT2D eigenvalue weighted by Gasteiger charge is -2.33. The molecule has 0 radical (unpaired) electrons. The molecule has 0 aromatic heterocycles. The molecule has 0 fully saturated rings. The van der Waals surface area contributed by atoms with Crippen LogP contribution in [0.25, 0.3) is 11.4 Å². The molecule has 0 unspecified atom stereocenters. The average Bonchev–Trinajstić information content (AvgIpc) is 3.22. The van der Waals surface area contributed by atoms with Gasteiger partial charge in [0.15, 0.2) is 0 Å². The molecule has 1 aliphatic rings. The monoisotopic (exact) mass is 789 g/mol. The fourth-order valence-electron chi connectivity index (χ4n) is 5.47. The Morgan fingerprint density at radius 2 is 1.47 bits per heavy atom. The Labute approximate surface area is 338 Å². The summed E-state index contributed by atoms with van der Waals surface area (Å²) < 4.78 is 21.0. The van der Waals surface area contributed by atoms with Gasteiger partial charge in [-0.25, -0.2) is 5.84 Å². The number of hydrogen-bond acceptors (Lipinski definition) is 11. The predicted octanol–water partition coefficient (Wildman–Crippen LogP) is 4.09. The molecule has 57 heavy (non-hydrogen) atoms. The summed E-state index contributed by atoms with van der Waals surface area (Å²) >= 11 is 0. The maximum absolute atomic E-state index is 13.4. The van der Waals surface area contributed by atoms with Crippen molar-refractivity contribution in [1.82, 2.24) is 21.0 Å². The van der Waals surface area contributed by atoms with Crippen molar-refractivity contribution in [2.45, 2.75) is 46.2 Å². The fraction of sp³-hybridized carbons (Fsp3) is 0.419. The van der Waals surface area contributed by atoms with Crippen LogP contribution >= 0.6 is 0 Å². The second kappa shape index (κ2) is 28.2. The molecule has 0 aliphatic carbocycles. The first-order valence-electron chi connectivity index (χ1n) is 19.1. The Hall–Kier alpha value is -5.25. The maximum atomic E-state index is 13.4. The molecule has 1 aliphatic heterocycles. The number of nitrogens with zero attached hydrogens (tertiary/aromatic N) is 2. The Morgan fingerprint density at radius 1 is 0.877 bits per heavy atom. The number of carbonyl (C=O) groups is 3. The number of hydrazine groups is 1. The lowest BCUT2D eigenvalue weighted by atomic mass is 9.95. The van der Waals surface area contributed by atoms with E-state index in [-0.39, 0.29) is 18.4 Å². The minimum absolute atomic E-state index is 0.00190. The number of nitrogens with one attached hydrogen (secondary N) is 3. The second-order valence-electron chi connectivity index (χ2n) is 13.0. The molecule has 312 valence electrons. The molecule has 0 bridgehead atoms. The van der Waals surface area contributed by atoms with E-state index in [2.05, 4.69) is 34.2 Å². The van der Waals surface area contributed by atoms with Gasteiger partial charge in [-0.15, -0.1) is 0 Å². The highest BCUT2D eigenvalue weighted by Gasteiger charge is 2.27. The van der Waals surface area contributed by atoms with E-state index in [4.69, 9.17) is 25.8 Å². The summed E-state index contributed by atoms with van der Waals surface area (Å²) in [5.41, 5.74) is 14.5. The van der Waals surface area contributed by atoms with Gasteiger partial charge in [0.1, 0.15) is 0 Å². The number of rotatable bonds is 21. The molecule has 14 nitrogen and oxygen atoms in total. The van der Waals surface area contributed by atoms with Crippen LogP contribution < -0.4 is 32.4 Å². The first-order valence-corrected chi connectivity index (χ1v) is 19.1. The number of nitrogens with two attached hydrogens (primary N) is 2. The van der Waals surface area contributed by atoms with Gasteiger partial charge in [0.05, 0.1) is 69.8 Å². The number of fused-ring (bicyclic) bond motifs is 2. The Morgan fingerprint density at radius 3 is 2.11 bits per heavy atom. The van der Waals surface area contributed by atoms with Crippen LogP contribution in [0.3, 0.4) is 0 Å². The largest absolute Gasteiger partial charge is 0.396 e. The van der Waals surface area contributed by atoms with Crippen molar-refractivity contribution in [3.8, 4) is 0 Å². The molecule has 4 rings (SSSR count). The molecule has 3 amide bonds. The van der Waals surface area contributed by atoms with E-state index < -0.39 is 0 Å². The first-order chi connectivity index (χ1) is 27.6. The summed E-state index contributed by atoms with van der Waals surface area (Å²) in [5.74, 6) is 6.41. The molecule has 14 heteroatoms. The third kappa shape index (κ3) is 17.6. The highest BCUT2D eigenvalue weighted by atomic mass is 16.5. The third-order valence-electron chi connectivity index (χ3n) is 8.45. The summed E-state index contributed by atoms with van der Waals surface area (Å²) in [6.07, 6.45) is 2.40. The van der Waals surface area contributed by atoms with Crippen LogP contribution in [-0.2, 0) is 46.4 Å². The number of anilines is 1. The molecule has 0 atom stereocenters. The minimum Gasteiger partial charge on any atom is -0.396 e. The summed E-state index contributed by atoms with van der Waals surface area (Å²) in [4.78, 5) is 36.3. The lowest BCUT2D eigenvalue weighted by Crippen LogP contribution is -2.37. The molecule has 7 N–H and O–H groups in total. The van der Waals surface area contributed by atoms with Crippen LogP contribution in [0.2, 0.25) is 0 Å². The topological polar surface area (TPSA) is 183 Å². The van der Waals surface area contributed by atoms with E-state index in [0.717, 1.165) is 46.7 Å². The van der Waals surface area contributed by atoms with Gasteiger partial charge >= 0.3 is 0 Å². The number of allylic oxidation sites excluding steroid dienone is 1.